The third-order valence-electron chi connectivity index (χ3n) is 2.91. The van der Waals surface area contributed by atoms with Gasteiger partial charge in [-0.2, -0.15) is 0 Å². The molecule has 0 unspecified atom stereocenters. The Morgan fingerprint density at radius 2 is 1.78 bits per heavy atom. The molecular weight excluding hydrogens is 300 g/mol. The minimum Gasteiger partial charge on any atom is -0.477 e. The molecule has 116 valence electrons. The van der Waals surface area contributed by atoms with Gasteiger partial charge >= 0.3 is 5.97 Å². The van der Waals surface area contributed by atoms with E-state index in [1.807, 2.05) is 0 Å². The summed E-state index contributed by atoms with van der Waals surface area (Å²) in [6.45, 7) is 0. The van der Waals surface area contributed by atoms with Gasteiger partial charge in [-0.3, -0.25) is 14.9 Å². The predicted molar refractivity (Wildman–Crippen MR) is 82.6 cm³/mol. The van der Waals surface area contributed by atoms with Gasteiger partial charge in [0.2, 0.25) is 0 Å². The highest BCUT2D eigenvalue weighted by atomic mass is 16.6. The molecular formula is C16H12N2O5. The van der Waals surface area contributed by atoms with Crippen molar-refractivity contribution in [2.24, 2.45) is 0 Å². The van der Waals surface area contributed by atoms with Crippen molar-refractivity contribution >= 4 is 23.6 Å². The molecule has 2 aromatic rings. The lowest BCUT2D eigenvalue weighted by molar-refractivity contribution is -0.384. The van der Waals surface area contributed by atoms with Crippen LogP contribution in [0.25, 0.3) is 6.08 Å². The van der Waals surface area contributed by atoms with Gasteiger partial charge in [-0.15, -0.1) is 0 Å². The number of carbonyl (C=O) groups excluding carboxylic acids is 1. The van der Waals surface area contributed by atoms with Crippen molar-refractivity contribution in [3.8, 4) is 0 Å². The molecule has 23 heavy (non-hydrogen) atoms. The van der Waals surface area contributed by atoms with Gasteiger partial charge in [0.25, 0.3) is 11.6 Å². The highest BCUT2D eigenvalue weighted by Crippen LogP contribution is 2.13. The molecule has 2 rings (SSSR count). The second-order valence-corrected chi connectivity index (χ2v) is 4.54. The molecule has 2 N–H and O–H groups in total. The first kappa shape index (κ1) is 15.9. The standard InChI is InChI=1S/C16H12N2O5/c19-15(12-7-4-8-13(10-12)18(22)23)17-14(16(20)21)9-11-5-2-1-3-6-11/h1-10H,(H,17,19)(H,20,21). The summed E-state index contributed by atoms with van der Waals surface area (Å²) in [6.07, 6.45) is 1.30. The number of nitro groups is 1. The zero-order valence-electron chi connectivity index (χ0n) is 11.8. The van der Waals surface area contributed by atoms with Crippen molar-refractivity contribution in [2.45, 2.75) is 0 Å². The van der Waals surface area contributed by atoms with Crippen LogP contribution in [0.15, 0.2) is 60.3 Å². The van der Waals surface area contributed by atoms with Gasteiger partial charge in [-0.1, -0.05) is 36.4 Å². The van der Waals surface area contributed by atoms with Crippen LogP contribution in [0.2, 0.25) is 0 Å². The minimum atomic E-state index is -1.31. The topological polar surface area (TPSA) is 110 Å². The average molecular weight is 312 g/mol. The molecule has 1 amide bonds. The second kappa shape index (κ2) is 6.99. The third kappa shape index (κ3) is 4.24. The Kier molecular flexibility index (Phi) is 4.83. The number of carbonyl (C=O) groups is 2. The summed E-state index contributed by atoms with van der Waals surface area (Å²) < 4.78 is 0. The number of carboxylic acid groups (broad SMARTS) is 1. The summed E-state index contributed by atoms with van der Waals surface area (Å²) in [4.78, 5) is 33.4. The Labute approximate surface area is 131 Å². The number of benzene rings is 2. The van der Waals surface area contributed by atoms with Crippen LogP contribution < -0.4 is 5.32 Å². The number of nitro benzene ring substituents is 1. The van der Waals surface area contributed by atoms with Crippen molar-refractivity contribution in [1.29, 1.82) is 0 Å². The van der Waals surface area contributed by atoms with Gasteiger partial charge in [0.05, 0.1) is 4.92 Å². The highest BCUT2D eigenvalue weighted by molar-refractivity contribution is 6.03. The van der Waals surface area contributed by atoms with E-state index >= 15 is 0 Å². The fourth-order valence-electron chi connectivity index (χ4n) is 1.82. The monoisotopic (exact) mass is 312 g/mol. The lowest BCUT2D eigenvalue weighted by Gasteiger charge is -2.06. The molecule has 0 radical (unpaired) electrons. The summed E-state index contributed by atoms with van der Waals surface area (Å²) in [5.74, 6) is -2.05. The van der Waals surface area contributed by atoms with Crippen LogP contribution >= 0.6 is 0 Å². The Morgan fingerprint density at radius 3 is 2.39 bits per heavy atom. The number of nitrogens with one attached hydrogen (secondary N) is 1. The van der Waals surface area contributed by atoms with Crippen molar-refractivity contribution in [2.75, 3.05) is 0 Å². The molecule has 7 heteroatoms. The van der Waals surface area contributed by atoms with Crippen LogP contribution in [0.3, 0.4) is 0 Å². The molecule has 0 bridgehead atoms. The van der Waals surface area contributed by atoms with Crippen molar-refractivity contribution in [3.63, 3.8) is 0 Å². The number of amides is 1. The maximum Gasteiger partial charge on any atom is 0.352 e. The molecule has 0 aromatic heterocycles. The number of carboxylic acids is 1. The van der Waals surface area contributed by atoms with Gasteiger partial charge in [-0.05, 0) is 17.7 Å². The fourth-order valence-corrected chi connectivity index (χ4v) is 1.82. The van der Waals surface area contributed by atoms with E-state index < -0.39 is 16.8 Å². The molecule has 0 heterocycles. The van der Waals surface area contributed by atoms with Gasteiger partial charge < -0.3 is 10.4 Å². The van der Waals surface area contributed by atoms with Crippen molar-refractivity contribution < 1.29 is 19.6 Å². The molecule has 0 aliphatic heterocycles. The van der Waals surface area contributed by atoms with E-state index in [9.17, 15) is 24.8 Å². The fraction of sp³-hybridized carbons (Fsp3) is 0. The molecule has 0 aliphatic carbocycles. The number of rotatable bonds is 5. The molecule has 0 atom stereocenters. The van der Waals surface area contributed by atoms with E-state index in [4.69, 9.17) is 0 Å². The molecule has 0 fully saturated rings. The van der Waals surface area contributed by atoms with Crippen LogP contribution in [-0.2, 0) is 4.79 Å². The number of nitrogens with zero attached hydrogens (tertiary/aromatic N) is 1. The van der Waals surface area contributed by atoms with E-state index in [0.717, 1.165) is 6.07 Å². The SMILES string of the molecule is O=C(O)C(=Cc1ccccc1)NC(=O)c1cccc([N+](=O)[O-])c1. The number of non-ortho nitro benzene ring substituents is 1. The molecule has 2 aromatic carbocycles. The molecule has 0 saturated carbocycles. The highest BCUT2D eigenvalue weighted by Gasteiger charge is 2.15. The van der Waals surface area contributed by atoms with Gasteiger partial charge in [0, 0.05) is 17.7 Å². The van der Waals surface area contributed by atoms with E-state index in [1.54, 1.807) is 30.3 Å². The third-order valence-corrected chi connectivity index (χ3v) is 2.91. The number of hydrogen-bond donors (Lipinski definition) is 2. The summed E-state index contributed by atoms with van der Waals surface area (Å²) >= 11 is 0. The predicted octanol–water partition coefficient (Wildman–Crippen LogP) is 2.45. The van der Waals surface area contributed by atoms with Crippen LogP contribution in [-0.4, -0.2) is 21.9 Å². The smallest absolute Gasteiger partial charge is 0.352 e. The molecule has 0 aliphatic rings. The second-order valence-electron chi connectivity index (χ2n) is 4.54. The maximum atomic E-state index is 12.1. The quantitative estimate of drug-likeness (QED) is 0.500. The van der Waals surface area contributed by atoms with Crippen molar-refractivity contribution in [1.82, 2.24) is 5.32 Å². The van der Waals surface area contributed by atoms with E-state index in [-0.39, 0.29) is 16.9 Å². The zero-order chi connectivity index (χ0) is 16.8. The molecule has 7 nitrogen and oxygen atoms in total. The van der Waals surface area contributed by atoms with Crippen LogP contribution in [0.4, 0.5) is 5.69 Å². The lowest BCUT2D eigenvalue weighted by Crippen LogP contribution is -2.27. The Hall–Kier alpha value is -3.48. The van der Waals surface area contributed by atoms with E-state index in [1.165, 1.54) is 24.3 Å². The summed E-state index contributed by atoms with van der Waals surface area (Å²) in [5.41, 5.74) is 0.0259. The Morgan fingerprint density at radius 1 is 1.09 bits per heavy atom. The van der Waals surface area contributed by atoms with Crippen LogP contribution in [0.5, 0.6) is 0 Å². The number of aliphatic carboxylic acids is 1. The Bertz CT molecular complexity index is 784. The summed E-state index contributed by atoms with van der Waals surface area (Å²) in [7, 11) is 0. The summed E-state index contributed by atoms with van der Waals surface area (Å²) in [6, 6.07) is 13.6. The van der Waals surface area contributed by atoms with Crippen molar-refractivity contribution in [3.05, 3.63) is 81.5 Å². The molecule has 0 spiro atoms. The molecule has 0 saturated heterocycles. The van der Waals surface area contributed by atoms with Crippen LogP contribution in [0, 0.1) is 10.1 Å². The minimum absolute atomic E-state index is 0.000545. The Balaban J connectivity index is 2.25. The zero-order valence-corrected chi connectivity index (χ0v) is 11.8. The summed E-state index contributed by atoms with van der Waals surface area (Å²) in [5, 5.41) is 22.1. The maximum absolute atomic E-state index is 12.1. The lowest BCUT2D eigenvalue weighted by atomic mass is 10.1. The van der Waals surface area contributed by atoms with Gasteiger partial charge in [0.15, 0.2) is 0 Å². The largest absolute Gasteiger partial charge is 0.477 e. The first-order chi connectivity index (χ1) is 11.0. The number of hydrogen-bond acceptors (Lipinski definition) is 4. The van der Waals surface area contributed by atoms with Gasteiger partial charge in [0.1, 0.15) is 5.70 Å². The first-order valence-electron chi connectivity index (χ1n) is 6.53. The van der Waals surface area contributed by atoms with Crippen LogP contribution in [0.1, 0.15) is 15.9 Å². The average Bonchev–Trinajstić information content (AvgIpc) is 2.55. The normalized spacial score (nSPS) is 10.9. The first-order valence-corrected chi connectivity index (χ1v) is 6.53. The van der Waals surface area contributed by atoms with E-state index in [0.29, 0.717) is 5.56 Å². The van der Waals surface area contributed by atoms with Gasteiger partial charge in [-0.25, -0.2) is 4.79 Å². The van der Waals surface area contributed by atoms with E-state index in [2.05, 4.69) is 5.32 Å².